The van der Waals surface area contributed by atoms with Crippen LogP contribution >= 0.6 is 0 Å². The molecule has 2 rings (SSSR count). The molecule has 0 N–H and O–H groups in total. The van der Waals surface area contributed by atoms with Gasteiger partial charge in [0.25, 0.3) is 0 Å². The number of aryl methyl sites for hydroxylation is 2. The molecule has 2 nitrogen and oxygen atoms in total. The van der Waals surface area contributed by atoms with Gasteiger partial charge in [0.15, 0.2) is 0 Å². The topological polar surface area (TPSA) is 26.3 Å². The molecule has 1 aliphatic heterocycles. The Balaban J connectivity index is 0.00000151. The quantitative estimate of drug-likeness (QED) is 0.357. The summed E-state index contributed by atoms with van der Waals surface area (Å²) in [6, 6.07) is 9.15. The van der Waals surface area contributed by atoms with Gasteiger partial charge in [-0.05, 0) is 49.1 Å². The third kappa shape index (κ3) is 9.67. The standard InChI is InChI=1S/C21H32O2.C2H6/c1-2-3-4-5-6-7-8-18-9-11-19(12-10-18)13-14-20-15-16-21(22)23-17-20;1-2/h9-12,20H,2-8,13-17H2,1H3;1-2H3. The van der Waals surface area contributed by atoms with Crippen LogP contribution in [0.25, 0.3) is 0 Å². The van der Waals surface area contributed by atoms with Gasteiger partial charge in [0.1, 0.15) is 0 Å². The monoisotopic (exact) mass is 346 g/mol. The zero-order chi connectivity index (χ0) is 18.3. The van der Waals surface area contributed by atoms with Crippen LogP contribution in [0, 0.1) is 5.92 Å². The van der Waals surface area contributed by atoms with Crippen molar-refractivity contribution in [1.29, 1.82) is 0 Å². The van der Waals surface area contributed by atoms with Gasteiger partial charge in [0, 0.05) is 6.42 Å². The van der Waals surface area contributed by atoms with Crippen LogP contribution in [-0.2, 0) is 22.4 Å². The Morgan fingerprint density at radius 2 is 1.52 bits per heavy atom. The Labute approximate surface area is 155 Å². The molecular weight excluding hydrogens is 308 g/mol. The van der Waals surface area contributed by atoms with Gasteiger partial charge in [-0.2, -0.15) is 0 Å². The van der Waals surface area contributed by atoms with Gasteiger partial charge in [-0.15, -0.1) is 0 Å². The fourth-order valence-electron chi connectivity index (χ4n) is 3.27. The molecule has 0 aromatic heterocycles. The zero-order valence-corrected chi connectivity index (χ0v) is 16.7. The highest BCUT2D eigenvalue weighted by molar-refractivity contribution is 5.69. The summed E-state index contributed by atoms with van der Waals surface area (Å²) in [5, 5.41) is 0. The molecule has 1 saturated heterocycles. The predicted octanol–water partition coefficient (Wildman–Crippen LogP) is 6.50. The van der Waals surface area contributed by atoms with Gasteiger partial charge in [0.05, 0.1) is 6.61 Å². The number of cyclic esters (lactones) is 1. The van der Waals surface area contributed by atoms with Crippen LogP contribution in [0.5, 0.6) is 0 Å². The van der Waals surface area contributed by atoms with E-state index in [4.69, 9.17) is 4.74 Å². The van der Waals surface area contributed by atoms with E-state index >= 15 is 0 Å². The maximum Gasteiger partial charge on any atom is 0.305 e. The largest absolute Gasteiger partial charge is 0.465 e. The summed E-state index contributed by atoms with van der Waals surface area (Å²) in [6.07, 6.45) is 13.2. The molecule has 0 aliphatic carbocycles. The first-order valence-corrected chi connectivity index (χ1v) is 10.5. The lowest BCUT2D eigenvalue weighted by Crippen LogP contribution is -2.21. The number of hydrogen-bond donors (Lipinski definition) is 0. The first kappa shape index (κ1) is 21.7. The molecular formula is C23H38O2. The highest BCUT2D eigenvalue weighted by Gasteiger charge is 2.19. The predicted molar refractivity (Wildman–Crippen MR) is 107 cm³/mol. The summed E-state index contributed by atoms with van der Waals surface area (Å²) in [4.78, 5) is 11.1. The van der Waals surface area contributed by atoms with E-state index < -0.39 is 0 Å². The Bertz CT molecular complexity index is 440. The second kappa shape index (κ2) is 13.9. The molecule has 1 aliphatic rings. The highest BCUT2D eigenvalue weighted by Crippen LogP contribution is 2.20. The average Bonchev–Trinajstić information content (AvgIpc) is 2.67. The fraction of sp³-hybridized carbons (Fsp3) is 0.696. The number of unbranched alkanes of at least 4 members (excludes halogenated alkanes) is 5. The van der Waals surface area contributed by atoms with E-state index in [0.29, 0.717) is 18.9 Å². The smallest absolute Gasteiger partial charge is 0.305 e. The van der Waals surface area contributed by atoms with E-state index in [1.165, 1.54) is 56.1 Å². The fourth-order valence-corrected chi connectivity index (χ4v) is 3.27. The number of esters is 1. The van der Waals surface area contributed by atoms with Crippen LogP contribution in [0.15, 0.2) is 24.3 Å². The zero-order valence-electron chi connectivity index (χ0n) is 16.7. The Hall–Kier alpha value is -1.31. The lowest BCUT2D eigenvalue weighted by molar-refractivity contribution is -0.149. The number of ether oxygens (including phenoxy) is 1. The van der Waals surface area contributed by atoms with Crippen LogP contribution in [0.2, 0.25) is 0 Å². The molecule has 0 amide bonds. The minimum Gasteiger partial charge on any atom is -0.465 e. The van der Waals surface area contributed by atoms with Crippen molar-refractivity contribution in [3.63, 3.8) is 0 Å². The van der Waals surface area contributed by atoms with Gasteiger partial charge in [-0.1, -0.05) is 77.1 Å². The molecule has 25 heavy (non-hydrogen) atoms. The molecule has 0 radical (unpaired) electrons. The molecule has 142 valence electrons. The molecule has 0 saturated carbocycles. The third-order valence-electron chi connectivity index (χ3n) is 4.92. The third-order valence-corrected chi connectivity index (χ3v) is 4.92. The van der Waals surface area contributed by atoms with Crippen molar-refractivity contribution in [2.24, 2.45) is 5.92 Å². The summed E-state index contributed by atoms with van der Waals surface area (Å²) >= 11 is 0. The molecule has 1 heterocycles. The van der Waals surface area contributed by atoms with E-state index in [1.807, 2.05) is 13.8 Å². The van der Waals surface area contributed by atoms with Crippen molar-refractivity contribution in [3.8, 4) is 0 Å². The SMILES string of the molecule is CC.CCCCCCCCc1ccc(CCC2CCC(=O)OC2)cc1. The highest BCUT2D eigenvalue weighted by atomic mass is 16.5. The maximum absolute atomic E-state index is 11.1. The molecule has 0 bridgehead atoms. The Kier molecular flexibility index (Phi) is 12.1. The van der Waals surface area contributed by atoms with Gasteiger partial charge in [-0.25, -0.2) is 0 Å². The normalized spacial score (nSPS) is 16.8. The van der Waals surface area contributed by atoms with Crippen molar-refractivity contribution in [2.75, 3.05) is 6.61 Å². The second-order valence-electron chi connectivity index (χ2n) is 6.96. The van der Waals surface area contributed by atoms with E-state index in [9.17, 15) is 4.79 Å². The maximum atomic E-state index is 11.1. The van der Waals surface area contributed by atoms with Crippen molar-refractivity contribution in [1.82, 2.24) is 0 Å². The summed E-state index contributed by atoms with van der Waals surface area (Å²) in [6.45, 7) is 6.89. The number of carbonyl (C=O) groups is 1. The molecule has 2 heteroatoms. The lowest BCUT2D eigenvalue weighted by atomic mass is 9.94. The second-order valence-corrected chi connectivity index (χ2v) is 6.96. The van der Waals surface area contributed by atoms with Crippen LogP contribution in [0.4, 0.5) is 0 Å². The van der Waals surface area contributed by atoms with Crippen LogP contribution in [0.3, 0.4) is 0 Å². The number of hydrogen-bond acceptors (Lipinski definition) is 2. The van der Waals surface area contributed by atoms with Crippen LogP contribution < -0.4 is 0 Å². The van der Waals surface area contributed by atoms with Crippen LogP contribution in [0.1, 0.15) is 89.7 Å². The lowest BCUT2D eigenvalue weighted by Gasteiger charge is -2.21. The molecule has 1 unspecified atom stereocenters. The summed E-state index contributed by atoms with van der Waals surface area (Å²) in [5.74, 6) is 0.524. The minimum absolute atomic E-state index is 0.0275. The minimum atomic E-state index is -0.0275. The summed E-state index contributed by atoms with van der Waals surface area (Å²) < 4.78 is 5.14. The molecule has 1 atom stereocenters. The van der Waals surface area contributed by atoms with Crippen molar-refractivity contribution in [3.05, 3.63) is 35.4 Å². The van der Waals surface area contributed by atoms with Crippen molar-refractivity contribution < 1.29 is 9.53 Å². The molecule has 1 aromatic carbocycles. The summed E-state index contributed by atoms with van der Waals surface area (Å²) in [7, 11) is 0. The van der Waals surface area contributed by atoms with Crippen molar-refractivity contribution in [2.45, 2.75) is 91.4 Å². The van der Waals surface area contributed by atoms with Gasteiger partial charge in [-0.3, -0.25) is 4.79 Å². The number of carbonyl (C=O) groups excluding carboxylic acids is 1. The molecule has 1 aromatic rings. The number of benzene rings is 1. The van der Waals surface area contributed by atoms with Crippen molar-refractivity contribution >= 4 is 5.97 Å². The van der Waals surface area contributed by atoms with Crippen LogP contribution in [-0.4, -0.2) is 12.6 Å². The van der Waals surface area contributed by atoms with Gasteiger partial charge < -0.3 is 4.74 Å². The first-order valence-electron chi connectivity index (χ1n) is 10.5. The van der Waals surface area contributed by atoms with Gasteiger partial charge in [0.2, 0.25) is 0 Å². The molecule has 1 fully saturated rings. The summed E-state index contributed by atoms with van der Waals surface area (Å²) in [5.41, 5.74) is 2.88. The average molecular weight is 347 g/mol. The van der Waals surface area contributed by atoms with E-state index in [0.717, 1.165) is 19.3 Å². The first-order chi connectivity index (χ1) is 12.3. The van der Waals surface area contributed by atoms with E-state index in [-0.39, 0.29) is 5.97 Å². The van der Waals surface area contributed by atoms with E-state index in [1.54, 1.807) is 0 Å². The Morgan fingerprint density at radius 1 is 0.920 bits per heavy atom. The van der Waals surface area contributed by atoms with E-state index in [2.05, 4.69) is 31.2 Å². The molecule has 0 spiro atoms. The number of rotatable bonds is 10. The Morgan fingerprint density at radius 3 is 2.12 bits per heavy atom. The van der Waals surface area contributed by atoms with Gasteiger partial charge >= 0.3 is 5.97 Å².